The summed E-state index contributed by atoms with van der Waals surface area (Å²) in [5.74, 6) is 0.586. The number of carbonyl (C=O) groups excluding carboxylic acids is 2. The van der Waals surface area contributed by atoms with Crippen LogP contribution < -0.4 is 15.0 Å². The monoisotopic (exact) mass is 404 g/mol. The fraction of sp³-hybridized carbons (Fsp3) is 0.261. The lowest BCUT2D eigenvalue weighted by molar-refractivity contribution is -0.117. The normalized spacial score (nSPS) is 13.5. The van der Waals surface area contributed by atoms with Gasteiger partial charge in [-0.1, -0.05) is 18.2 Å². The average molecular weight is 404 g/mol. The van der Waals surface area contributed by atoms with Crippen molar-refractivity contribution in [3.05, 3.63) is 66.5 Å². The van der Waals surface area contributed by atoms with Gasteiger partial charge in [0.05, 0.1) is 24.7 Å². The van der Waals surface area contributed by atoms with Crippen LogP contribution in [0.5, 0.6) is 5.75 Å². The van der Waals surface area contributed by atoms with Crippen LogP contribution in [0.25, 0.3) is 5.69 Å². The molecule has 0 unspecified atom stereocenters. The number of aromatic nitrogens is 2. The molecule has 2 heterocycles. The Balaban J connectivity index is 1.36. The van der Waals surface area contributed by atoms with Gasteiger partial charge in [-0.2, -0.15) is 5.10 Å². The molecule has 7 nitrogen and oxygen atoms in total. The first kappa shape index (κ1) is 19.7. The second-order valence-electron chi connectivity index (χ2n) is 7.21. The molecule has 2 aromatic carbocycles. The lowest BCUT2D eigenvalue weighted by Gasteiger charge is -2.19. The summed E-state index contributed by atoms with van der Waals surface area (Å²) in [4.78, 5) is 26.2. The quantitative estimate of drug-likeness (QED) is 0.653. The molecule has 2 amide bonds. The van der Waals surface area contributed by atoms with E-state index >= 15 is 0 Å². The average Bonchev–Trinajstić information content (AvgIpc) is 3.42. The number of hydrogen-bond donors (Lipinski definition) is 1. The summed E-state index contributed by atoms with van der Waals surface area (Å²) in [6, 6.07) is 15.2. The van der Waals surface area contributed by atoms with E-state index in [9.17, 15) is 9.59 Å². The molecule has 0 saturated carbocycles. The van der Waals surface area contributed by atoms with Crippen LogP contribution in [-0.2, 0) is 16.0 Å². The number of aryl methyl sites for hydroxylation is 1. The number of para-hydroxylation sites is 1. The number of benzene rings is 2. The van der Waals surface area contributed by atoms with Gasteiger partial charge in [-0.15, -0.1) is 0 Å². The third-order valence-corrected chi connectivity index (χ3v) is 5.13. The Bertz CT molecular complexity index is 1050. The zero-order valence-electron chi connectivity index (χ0n) is 16.9. The van der Waals surface area contributed by atoms with Gasteiger partial charge in [0.1, 0.15) is 5.75 Å². The maximum absolute atomic E-state index is 12.4. The minimum absolute atomic E-state index is 0.0884. The minimum atomic E-state index is -0.0884. The van der Waals surface area contributed by atoms with E-state index in [-0.39, 0.29) is 11.8 Å². The molecule has 154 valence electrons. The molecule has 1 fully saturated rings. The van der Waals surface area contributed by atoms with E-state index in [4.69, 9.17) is 4.74 Å². The van der Waals surface area contributed by atoms with Crippen molar-refractivity contribution in [2.24, 2.45) is 0 Å². The molecule has 4 rings (SSSR count). The van der Waals surface area contributed by atoms with Gasteiger partial charge in [0, 0.05) is 37.3 Å². The van der Waals surface area contributed by atoms with Crippen molar-refractivity contribution in [2.45, 2.75) is 25.7 Å². The van der Waals surface area contributed by atoms with Gasteiger partial charge in [-0.05, 0) is 42.7 Å². The van der Waals surface area contributed by atoms with Crippen molar-refractivity contribution in [1.82, 2.24) is 9.78 Å². The molecule has 1 aliphatic heterocycles. The highest BCUT2D eigenvalue weighted by molar-refractivity contribution is 5.98. The van der Waals surface area contributed by atoms with E-state index in [1.165, 1.54) is 0 Å². The number of anilines is 2. The van der Waals surface area contributed by atoms with Crippen molar-refractivity contribution in [2.75, 3.05) is 23.9 Å². The minimum Gasteiger partial charge on any atom is -0.494 e. The Labute approximate surface area is 175 Å². The second kappa shape index (κ2) is 8.82. The third kappa shape index (κ3) is 4.35. The number of nitrogens with zero attached hydrogens (tertiary/aromatic N) is 3. The number of rotatable bonds is 7. The molecular formula is C23H24N4O3. The van der Waals surface area contributed by atoms with Crippen LogP contribution in [0.3, 0.4) is 0 Å². The fourth-order valence-corrected chi connectivity index (χ4v) is 3.57. The number of hydrogen-bond acceptors (Lipinski definition) is 4. The molecule has 1 aromatic heterocycles. The highest BCUT2D eigenvalue weighted by Crippen LogP contribution is 2.33. The first-order chi connectivity index (χ1) is 14.6. The van der Waals surface area contributed by atoms with Gasteiger partial charge in [0.15, 0.2) is 0 Å². The molecule has 0 spiro atoms. The lowest BCUT2D eigenvalue weighted by atomic mass is 10.2. The number of ether oxygens (including phenoxy) is 1. The zero-order valence-corrected chi connectivity index (χ0v) is 16.9. The summed E-state index contributed by atoms with van der Waals surface area (Å²) in [6.07, 6.45) is 6.06. The van der Waals surface area contributed by atoms with Crippen LogP contribution in [0, 0.1) is 0 Å². The van der Waals surface area contributed by atoms with Gasteiger partial charge in [0.25, 0.3) is 0 Å². The first-order valence-electron chi connectivity index (χ1n) is 10.0. The van der Waals surface area contributed by atoms with Crippen LogP contribution in [0.4, 0.5) is 11.4 Å². The van der Waals surface area contributed by atoms with Crippen LogP contribution in [0.1, 0.15) is 24.8 Å². The Hall–Kier alpha value is -3.61. The molecule has 7 heteroatoms. The summed E-state index contributed by atoms with van der Waals surface area (Å²) in [7, 11) is 1.56. The van der Waals surface area contributed by atoms with E-state index in [0.717, 1.165) is 23.4 Å². The summed E-state index contributed by atoms with van der Waals surface area (Å²) in [6.45, 7) is 0.692. The molecule has 0 bridgehead atoms. The van der Waals surface area contributed by atoms with Gasteiger partial charge < -0.3 is 15.0 Å². The van der Waals surface area contributed by atoms with Crippen LogP contribution in [0.15, 0.2) is 60.9 Å². The van der Waals surface area contributed by atoms with E-state index in [0.29, 0.717) is 37.2 Å². The van der Waals surface area contributed by atoms with Crippen LogP contribution in [0.2, 0.25) is 0 Å². The number of nitrogens with one attached hydrogen (secondary N) is 1. The smallest absolute Gasteiger partial charge is 0.227 e. The summed E-state index contributed by atoms with van der Waals surface area (Å²) in [5, 5.41) is 7.27. The van der Waals surface area contributed by atoms with E-state index in [2.05, 4.69) is 10.4 Å². The maximum Gasteiger partial charge on any atom is 0.227 e. The van der Waals surface area contributed by atoms with E-state index in [1.807, 2.05) is 42.6 Å². The summed E-state index contributed by atoms with van der Waals surface area (Å²) >= 11 is 0. The Kier molecular flexibility index (Phi) is 5.79. The maximum atomic E-state index is 12.4. The Morgan fingerprint density at radius 3 is 2.77 bits per heavy atom. The molecule has 0 atom stereocenters. The molecule has 1 N–H and O–H groups in total. The van der Waals surface area contributed by atoms with Gasteiger partial charge in [0.2, 0.25) is 11.8 Å². The van der Waals surface area contributed by atoms with Gasteiger partial charge in [-0.3, -0.25) is 9.59 Å². The molecule has 0 radical (unpaired) electrons. The van der Waals surface area contributed by atoms with Crippen molar-refractivity contribution in [1.29, 1.82) is 0 Å². The van der Waals surface area contributed by atoms with Crippen molar-refractivity contribution >= 4 is 23.2 Å². The fourth-order valence-electron chi connectivity index (χ4n) is 3.57. The molecule has 1 aliphatic rings. The van der Waals surface area contributed by atoms with Crippen molar-refractivity contribution in [3.8, 4) is 11.4 Å². The van der Waals surface area contributed by atoms with Crippen molar-refractivity contribution < 1.29 is 14.3 Å². The highest BCUT2D eigenvalue weighted by atomic mass is 16.5. The number of amides is 2. The Morgan fingerprint density at radius 2 is 2.03 bits per heavy atom. The number of carbonyl (C=O) groups is 2. The number of methoxy groups -OCH3 is 1. The Morgan fingerprint density at radius 1 is 1.20 bits per heavy atom. The van der Waals surface area contributed by atoms with Crippen molar-refractivity contribution in [3.63, 3.8) is 0 Å². The van der Waals surface area contributed by atoms with Gasteiger partial charge in [-0.25, -0.2) is 4.68 Å². The summed E-state index contributed by atoms with van der Waals surface area (Å²) in [5.41, 5.74) is 3.37. The summed E-state index contributed by atoms with van der Waals surface area (Å²) < 4.78 is 7.25. The molecular weight excluding hydrogens is 380 g/mol. The zero-order chi connectivity index (χ0) is 20.9. The van der Waals surface area contributed by atoms with E-state index in [1.54, 1.807) is 35.0 Å². The molecule has 0 aliphatic carbocycles. The first-order valence-corrected chi connectivity index (χ1v) is 10.0. The molecule has 3 aromatic rings. The second-order valence-corrected chi connectivity index (χ2v) is 7.21. The standard InChI is InChI=1S/C23H24N4O3/c1-30-21-14-18(10-11-20(21)26-13-5-8-23(26)29)25-22(28)12-9-17-15-24-27(16-17)19-6-3-2-4-7-19/h2-4,6-7,10-11,14-16H,5,8-9,12-13H2,1H3,(H,25,28). The third-order valence-electron chi connectivity index (χ3n) is 5.13. The predicted molar refractivity (Wildman–Crippen MR) is 115 cm³/mol. The van der Waals surface area contributed by atoms with Crippen LogP contribution >= 0.6 is 0 Å². The topological polar surface area (TPSA) is 76.5 Å². The largest absolute Gasteiger partial charge is 0.494 e. The van der Waals surface area contributed by atoms with Gasteiger partial charge >= 0.3 is 0 Å². The molecule has 30 heavy (non-hydrogen) atoms. The van der Waals surface area contributed by atoms with Crippen LogP contribution in [-0.4, -0.2) is 35.2 Å². The molecule has 1 saturated heterocycles. The SMILES string of the molecule is COc1cc(NC(=O)CCc2cnn(-c3ccccc3)c2)ccc1N1CCCC1=O. The van der Waals surface area contributed by atoms with E-state index < -0.39 is 0 Å². The lowest BCUT2D eigenvalue weighted by Crippen LogP contribution is -2.24. The predicted octanol–water partition coefficient (Wildman–Crippen LogP) is 3.58. The highest BCUT2D eigenvalue weighted by Gasteiger charge is 2.24.